The third-order valence-electron chi connectivity index (χ3n) is 4.16. The van der Waals surface area contributed by atoms with E-state index in [9.17, 15) is 19.2 Å². The molecule has 0 aliphatic carbocycles. The van der Waals surface area contributed by atoms with Gasteiger partial charge >= 0.3 is 17.9 Å². The number of carbonyl (C=O) groups is 4. The molecule has 1 aromatic carbocycles. The Labute approximate surface area is 199 Å². The van der Waals surface area contributed by atoms with Gasteiger partial charge in [-0.2, -0.15) is 0 Å². The second-order valence-corrected chi connectivity index (χ2v) is 6.40. The van der Waals surface area contributed by atoms with Crippen LogP contribution in [0.25, 0.3) is 0 Å². The first-order chi connectivity index (χ1) is 16.8. The van der Waals surface area contributed by atoms with Crippen molar-refractivity contribution in [3.63, 3.8) is 0 Å². The van der Waals surface area contributed by atoms with Crippen molar-refractivity contribution in [3.05, 3.63) is 77.4 Å². The molecule has 3 aromatic rings. The monoisotopic (exact) mass is 483 g/mol. The fraction of sp³-hybridized carbons (Fsp3) is 0.182. The first-order valence-corrected chi connectivity index (χ1v) is 9.74. The molecule has 0 spiro atoms. The second-order valence-electron chi connectivity index (χ2n) is 6.40. The number of aromatic nitrogens is 4. The lowest BCUT2D eigenvalue weighted by Crippen LogP contribution is -2.24. The number of esters is 2. The number of ether oxygens (including phenoxy) is 3. The van der Waals surface area contributed by atoms with Gasteiger partial charge < -0.3 is 24.6 Å². The number of carboxylic acids is 1. The maximum absolute atomic E-state index is 11.9. The van der Waals surface area contributed by atoms with E-state index >= 15 is 0 Å². The van der Waals surface area contributed by atoms with Crippen LogP contribution in [0.3, 0.4) is 0 Å². The number of amides is 1. The zero-order chi connectivity index (χ0) is 25.8. The Morgan fingerprint density at radius 3 is 1.89 bits per heavy atom. The van der Waals surface area contributed by atoms with Gasteiger partial charge in [0, 0.05) is 18.7 Å². The minimum absolute atomic E-state index is 0.00490. The Morgan fingerprint density at radius 2 is 1.34 bits per heavy atom. The average Bonchev–Trinajstić information content (AvgIpc) is 2.91. The number of methoxy groups -OCH3 is 3. The van der Waals surface area contributed by atoms with E-state index in [1.165, 1.54) is 20.3 Å². The van der Waals surface area contributed by atoms with Gasteiger partial charge in [0.25, 0.3) is 5.91 Å². The van der Waals surface area contributed by atoms with Gasteiger partial charge in [-0.05, 0) is 17.7 Å². The smallest absolute Gasteiger partial charge is 0.356 e. The van der Waals surface area contributed by atoms with Crippen LogP contribution >= 0.6 is 0 Å². The van der Waals surface area contributed by atoms with Crippen molar-refractivity contribution in [1.29, 1.82) is 0 Å². The summed E-state index contributed by atoms with van der Waals surface area (Å²) in [5.41, 5.74) is 0.669. The highest BCUT2D eigenvalue weighted by atomic mass is 16.5. The van der Waals surface area contributed by atoms with Crippen LogP contribution < -0.4 is 10.1 Å². The lowest BCUT2D eigenvalue weighted by molar-refractivity contribution is 0.0587. The Hall–Kier alpha value is -4.94. The average molecular weight is 483 g/mol. The molecule has 0 saturated heterocycles. The van der Waals surface area contributed by atoms with E-state index in [1.54, 1.807) is 19.2 Å². The first kappa shape index (κ1) is 26.3. The summed E-state index contributed by atoms with van der Waals surface area (Å²) in [4.78, 5) is 59.3. The number of nitrogens with one attached hydrogen (secondary N) is 1. The van der Waals surface area contributed by atoms with Crippen LogP contribution in [0.5, 0.6) is 5.75 Å². The zero-order valence-electron chi connectivity index (χ0n) is 18.9. The van der Waals surface area contributed by atoms with Crippen molar-refractivity contribution in [2.45, 2.75) is 6.54 Å². The molecule has 13 heteroatoms. The van der Waals surface area contributed by atoms with Crippen molar-refractivity contribution in [2.24, 2.45) is 0 Å². The van der Waals surface area contributed by atoms with E-state index in [0.717, 1.165) is 24.3 Å². The summed E-state index contributed by atoms with van der Waals surface area (Å²) in [6.07, 6.45) is 2.14. The number of nitrogens with zero attached hydrogens (tertiary/aromatic N) is 4. The predicted octanol–water partition coefficient (Wildman–Crippen LogP) is 1.16. The van der Waals surface area contributed by atoms with E-state index in [1.807, 2.05) is 12.1 Å². The number of hydrogen-bond donors (Lipinski definition) is 2. The molecule has 182 valence electrons. The maximum atomic E-state index is 11.9. The first-order valence-electron chi connectivity index (χ1n) is 9.74. The van der Waals surface area contributed by atoms with Crippen LogP contribution in [-0.2, 0) is 16.0 Å². The summed E-state index contributed by atoms with van der Waals surface area (Å²) in [7, 11) is 4.01. The van der Waals surface area contributed by atoms with Crippen molar-refractivity contribution >= 4 is 23.8 Å². The summed E-state index contributed by atoms with van der Waals surface area (Å²) < 4.78 is 13.9. The van der Waals surface area contributed by atoms with Gasteiger partial charge in [-0.1, -0.05) is 12.1 Å². The number of aromatic carboxylic acids is 1. The lowest BCUT2D eigenvalue weighted by Gasteiger charge is -2.06. The number of hydrogen-bond acceptors (Lipinski definition) is 11. The SMILES string of the molecule is COC(=O)c1cc(C(=O)OC)ncn1.COc1cccc(CNC(=O)c2cc(C(=O)O)ncn2)c1. The van der Waals surface area contributed by atoms with Crippen molar-refractivity contribution in [2.75, 3.05) is 21.3 Å². The molecule has 3 rings (SSSR count). The Kier molecular flexibility index (Phi) is 9.72. The molecule has 2 N–H and O–H groups in total. The molecular formula is C22H21N5O8. The van der Waals surface area contributed by atoms with E-state index in [-0.39, 0.29) is 29.3 Å². The van der Waals surface area contributed by atoms with Gasteiger partial charge in [-0.25, -0.2) is 34.3 Å². The van der Waals surface area contributed by atoms with Gasteiger partial charge in [-0.15, -0.1) is 0 Å². The van der Waals surface area contributed by atoms with Crippen molar-refractivity contribution in [1.82, 2.24) is 25.3 Å². The summed E-state index contributed by atoms with van der Waals surface area (Å²) in [5, 5.41) is 11.5. The summed E-state index contributed by atoms with van der Waals surface area (Å²) in [6.45, 7) is 0.280. The molecule has 0 fully saturated rings. The minimum atomic E-state index is -1.21. The third-order valence-corrected chi connectivity index (χ3v) is 4.16. The van der Waals surface area contributed by atoms with Gasteiger partial charge in [0.1, 0.15) is 24.1 Å². The van der Waals surface area contributed by atoms with E-state index in [4.69, 9.17) is 9.84 Å². The molecule has 0 unspecified atom stereocenters. The highest BCUT2D eigenvalue weighted by Crippen LogP contribution is 2.12. The second kappa shape index (κ2) is 12.9. The van der Waals surface area contributed by atoms with E-state index in [2.05, 4.69) is 34.7 Å². The Morgan fingerprint density at radius 1 is 0.800 bits per heavy atom. The van der Waals surface area contributed by atoms with Crippen LogP contribution in [0.4, 0.5) is 0 Å². The van der Waals surface area contributed by atoms with Crippen LogP contribution in [0.15, 0.2) is 49.1 Å². The summed E-state index contributed by atoms with van der Waals surface area (Å²) >= 11 is 0. The quantitative estimate of drug-likeness (QED) is 0.459. The molecule has 2 heterocycles. The molecule has 0 aliphatic heterocycles. The predicted molar refractivity (Wildman–Crippen MR) is 118 cm³/mol. The zero-order valence-corrected chi connectivity index (χ0v) is 18.9. The lowest BCUT2D eigenvalue weighted by atomic mass is 10.2. The third kappa shape index (κ3) is 7.85. The van der Waals surface area contributed by atoms with E-state index in [0.29, 0.717) is 5.75 Å². The molecule has 13 nitrogen and oxygen atoms in total. The topological polar surface area (TPSA) is 180 Å². The fourth-order valence-electron chi connectivity index (χ4n) is 2.44. The summed E-state index contributed by atoms with van der Waals surface area (Å²) in [6, 6.07) is 9.58. The molecule has 0 bridgehead atoms. The van der Waals surface area contributed by atoms with Gasteiger partial charge in [-0.3, -0.25) is 4.79 Å². The fourth-order valence-corrected chi connectivity index (χ4v) is 2.44. The summed E-state index contributed by atoms with van der Waals surface area (Å²) in [5.74, 6) is -2.24. The standard InChI is InChI=1S/C14H13N3O4.C8H8N2O4/c1-21-10-4-2-3-9(5-10)7-15-13(18)11-6-12(14(19)20)17-8-16-11;1-13-7(11)5-3-6(8(12)14-2)10-4-9-5/h2-6,8H,7H2,1H3,(H,15,18)(H,19,20);3-4H,1-2H3. The Balaban J connectivity index is 0.000000269. The highest BCUT2D eigenvalue weighted by molar-refractivity contribution is 5.95. The molecule has 0 atom stereocenters. The van der Waals surface area contributed by atoms with E-state index < -0.39 is 23.8 Å². The van der Waals surface area contributed by atoms with Crippen molar-refractivity contribution in [3.8, 4) is 5.75 Å². The number of carboxylic acid groups (broad SMARTS) is 1. The van der Waals surface area contributed by atoms with Gasteiger partial charge in [0.2, 0.25) is 0 Å². The van der Waals surface area contributed by atoms with Crippen LogP contribution in [0.1, 0.15) is 47.5 Å². The van der Waals surface area contributed by atoms with Crippen LogP contribution in [0.2, 0.25) is 0 Å². The molecule has 0 saturated carbocycles. The molecule has 0 radical (unpaired) electrons. The molecule has 35 heavy (non-hydrogen) atoms. The van der Waals surface area contributed by atoms with Gasteiger partial charge in [0.15, 0.2) is 17.1 Å². The highest BCUT2D eigenvalue weighted by Gasteiger charge is 2.13. The Bertz CT molecular complexity index is 1190. The normalized spacial score (nSPS) is 9.69. The molecule has 0 aliphatic rings. The largest absolute Gasteiger partial charge is 0.497 e. The molecular weight excluding hydrogens is 462 g/mol. The maximum Gasteiger partial charge on any atom is 0.356 e. The number of benzene rings is 1. The van der Waals surface area contributed by atoms with Crippen LogP contribution in [-0.4, -0.2) is 70.2 Å². The molecule has 1 amide bonds. The minimum Gasteiger partial charge on any atom is -0.497 e. The number of rotatable bonds is 7. The van der Waals surface area contributed by atoms with Crippen LogP contribution in [0, 0.1) is 0 Å². The number of carbonyl (C=O) groups excluding carboxylic acids is 3. The molecule has 2 aromatic heterocycles. The van der Waals surface area contributed by atoms with Crippen molar-refractivity contribution < 1.29 is 38.5 Å². The van der Waals surface area contributed by atoms with Gasteiger partial charge in [0.05, 0.1) is 21.3 Å².